The highest BCUT2D eigenvalue weighted by atomic mass is 16.5. The van der Waals surface area contributed by atoms with Gasteiger partial charge in [0.2, 0.25) is 5.88 Å². The van der Waals surface area contributed by atoms with Gasteiger partial charge < -0.3 is 20.9 Å². The molecular weight excluding hydrogens is 250 g/mol. The molecule has 0 saturated heterocycles. The maximum Gasteiger partial charge on any atom is 0.338 e. The number of nitrogens with two attached hydrogens (primary N) is 1. The van der Waals surface area contributed by atoms with Crippen LogP contribution in [0, 0.1) is 0 Å². The van der Waals surface area contributed by atoms with Gasteiger partial charge in [-0.25, -0.2) is 14.5 Å². The van der Waals surface area contributed by atoms with Crippen molar-refractivity contribution in [3.8, 4) is 5.88 Å². The molecule has 2 aromatic heterocycles. The Bertz CT molecular complexity index is 623. The van der Waals surface area contributed by atoms with E-state index in [9.17, 15) is 4.79 Å². The summed E-state index contributed by atoms with van der Waals surface area (Å²) in [5, 5.41) is 16.1. The van der Waals surface area contributed by atoms with Gasteiger partial charge in [-0.15, -0.1) is 0 Å². The van der Waals surface area contributed by atoms with Gasteiger partial charge in [0, 0.05) is 13.1 Å². The van der Waals surface area contributed by atoms with E-state index in [1.807, 2.05) is 0 Å². The zero-order chi connectivity index (χ0) is 14.0. The second kappa shape index (κ2) is 4.84. The molecule has 0 aliphatic rings. The van der Waals surface area contributed by atoms with Gasteiger partial charge in [-0.3, -0.25) is 0 Å². The van der Waals surface area contributed by atoms with Gasteiger partial charge in [0.05, 0.1) is 24.6 Å². The Balaban J connectivity index is 2.34. The van der Waals surface area contributed by atoms with Gasteiger partial charge in [0.25, 0.3) is 0 Å². The average molecular weight is 263 g/mol. The molecule has 2 rings (SSSR count). The molecule has 19 heavy (non-hydrogen) atoms. The van der Waals surface area contributed by atoms with Gasteiger partial charge in [0.1, 0.15) is 5.82 Å². The number of nitrogens with zero attached hydrogens (tertiary/aromatic N) is 3. The number of carbonyl (C=O) groups is 1. The molecule has 8 nitrogen and oxygen atoms in total. The molecule has 0 saturated carbocycles. The first-order valence-corrected chi connectivity index (χ1v) is 5.35. The number of carboxylic acid groups (broad SMARTS) is 1. The van der Waals surface area contributed by atoms with E-state index in [0.29, 0.717) is 17.4 Å². The van der Waals surface area contributed by atoms with Crippen LogP contribution in [0.15, 0.2) is 18.3 Å². The molecule has 0 aromatic carbocycles. The number of anilines is 3. The van der Waals surface area contributed by atoms with Crippen LogP contribution in [0.3, 0.4) is 0 Å². The lowest BCUT2D eigenvalue weighted by Gasteiger charge is -2.06. The number of rotatable bonds is 4. The Morgan fingerprint density at radius 2 is 2.26 bits per heavy atom. The molecule has 100 valence electrons. The first-order chi connectivity index (χ1) is 9.01. The van der Waals surface area contributed by atoms with Crippen LogP contribution in [-0.2, 0) is 7.05 Å². The van der Waals surface area contributed by atoms with Crippen molar-refractivity contribution >= 4 is 23.3 Å². The average Bonchev–Trinajstić information content (AvgIpc) is 2.71. The van der Waals surface area contributed by atoms with Crippen molar-refractivity contribution in [2.75, 3.05) is 18.2 Å². The zero-order valence-electron chi connectivity index (χ0n) is 10.4. The van der Waals surface area contributed by atoms with E-state index in [1.54, 1.807) is 13.1 Å². The molecule has 0 bridgehead atoms. The largest absolute Gasteiger partial charge is 0.481 e. The van der Waals surface area contributed by atoms with Crippen molar-refractivity contribution in [1.82, 2.24) is 14.8 Å². The predicted molar refractivity (Wildman–Crippen MR) is 68.7 cm³/mol. The summed E-state index contributed by atoms with van der Waals surface area (Å²) in [6.07, 6.45) is 1.35. The number of aromatic nitrogens is 3. The first-order valence-electron chi connectivity index (χ1n) is 5.35. The molecule has 0 aliphatic heterocycles. The van der Waals surface area contributed by atoms with Gasteiger partial charge in [0.15, 0.2) is 5.82 Å². The lowest BCUT2D eigenvalue weighted by Crippen LogP contribution is -2.05. The van der Waals surface area contributed by atoms with E-state index < -0.39 is 5.97 Å². The summed E-state index contributed by atoms with van der Waals surface area (Å²) in [4.78, 5) is 15.0. The van der Waals surface area contributed by atoms with Crippen LogP contribution in [0.5, 0.6) is 5.88 Å². The summed E-state index contributed by atoms with van der Waals surface area (Å²) >= 11 is 0. The number of ether oxygens (including phenoxy) is 1. The maximum atomic E-state index is 11.1. The van der Waals surface area contributed by atoms with Gasteiger partial charge in [-0.05, 0) is 6.07 Å². The van der Waals surface area contributed by atoms with Crippen LogP contribution in [0.1, 0.15) is 10.4 Å². The Morgan fingerprint density at radius 3 is 2.84 bits per heavy atom. The lowest BCUT2D eigenvalue weighted by atomic mass is 10.2. The van der Waals surface area contributed by atoms with Crippen LogP contribution in [0.4, 0.5) is 17.3 Å². The summed E-state index contributed by atoms with van der Waals surface area (Å²) in [6, 6.07) is 2.92. The summed E-state index contributed by atoms with van der Waals surface area (Å²) in [5.74, 6) is 0.0391. The van der Waals surface area contributed by atoms with Crippen molar-refractivity contribution in [2.45, 2.75) is 0 Å². The molecule has 4 N–H and O–H groups in total. The minimum atomic E-state index is -1.10. The molecule has 0 atom stereocenters. The third-order valence-corrected chi connectivity index (χ3v) is 2.46. The van der Waals surface area contributed by atoms with E-state index in [-0.39, 0.29) is 11.4 Å². The number of nitrogen functional groups attached to an aromatic ring is 1. The van der Waals surface area contributed by atoms with Gasteiger partial charge in [-0.1, -0.05) is 0 Å². The Labute approximate surface area is 108 Å². The minimum Gasteiger partial charge on any atom is -0.481 e. The second-order valence-corrected chi connectivity index (χ2v) is 3.78. The van der Waals surface area contributed by atoms with Crippen LogP contribution in [0.25, 0.3) is 0 Å². The van der Waals surface area contributed by atoms with Crippen molar-refractivity contribution in [3.05, 3.63) is 23.9 Å². The smallest absolute Gasteiger partial charge is 0.338 e. The quantitative estimate of drug-likeness (QED) is 0.748. The normalized spacial score (nSPS) is 10.2. The maximum absolute atomic E-state index is 11.1. The highest BCUT2D eigenvalue weighted by Crippen LogP contribution is 2.23. The third-order valence-electron chi connectivity index (χ3n) is 2.46. The summed E-state index contributed by atoms with van der Waals surface area (Å²) in [5.41, 5.74) is 5.80. The number of aryl methyl sites for hydroxylation is 1. The summed E-state index contributed by atoms with van der Waals surface area (Å²) in [7, 11) is 3.23. The molecule has 8 heteroatoms. The van der Waals surface area contributed by atoms with Gasteiger partial charge in [-0.2, -0.15) is 5.10 Å². The molecule has 2 heterocycles. The fraction of sp³-hybridized carbons (Fsp3) is 0.182. The van der Waals surface area contributed by atoms with Crippen LogP contribution < -0.4 is 15.8 Å². The standard InChI is InChI=1S/C11H13N5O3/c1-16-10(19-2)4-9(15-16)14-7-5-13-8(12)3-6(7)11(17)18/h3-5H,1-2H3,(H2,12,13)(H,14,15)(H,17,18). The molecule has 0 spiro atoms. The molecule has 2 aromatic rings. The van der Waals surface area contributed by atoms with Gasteiger partial charge >= 0.3 is 5.97 Å². The number of pyridine rings is 1. The predicted octanol–water partition coefficient (Wildman–Crippen LogP) is 0.848. The van der Waals surface area contributed by atoms with E-state index in [4.69, 9.17) is 15.6 Å². The Morgan fingerprint density at radius 1 is 1.53 bits per heavy atom. The number of carboxylic acids is 1. The topological polar surface area (TPSA) is 115 Å². The number of hydrogen-bond donors (Lipinski definition) is 3. The summed E-state index contributed by atoms with van der Waals surface area (Å²) < 4.78 is 6.59. The Kier molecular flexibility index (Phi) is 3.23. The van der Waals surface area contributed by atoms with E-state index in [1.165, 1.54) is 24.1 Å². The Hall–Kier alpha value is -2.77. The minimum absolute atomic E-state index is 0.0251. The number of methoxy groups -OCH3 is 1. The molecule has 0 unspecified atom stereocenters. The SMILES string of the molecule is COc1cc(Nc2cnc(N)cc2C(=O)O)nn1C. The fourth-order valence-electron chi connectivity index (χ4n) is 1.59. The van der Waals surface area contributed by atoms with Crippen LogP contribution in [0.2, 0.25) is 0 Å². The molecule has 0 amide bonds. The van der Waals surface area contributed by atoms with Crippen molar-refractivity contribution in [1.29, 1.82) is 0 Å². The van der Waals surface area contributed by atoms with Crippen LogP contribution in [-0.4, -0.2) is 33.0 Å². The zero-order valence-corrected chi connectivity index (χ0v) is 10.4. The van der Waals surface area contributed by atoms with E-state index in [2.05, 4.69) is 15.4 Å². The highest BCUT2D eigenvalue weighted by molar-refractivity contribution is 5.95. The first kappa shape index (κ1) is 12.7. The molecular formula is C11H13N5O3. The number of hydrogen-bond acceptors (Lipinski definition) is 6. The van der Waals surface area contributed by atoms with Crippen molar-refractivity contribution in [2.24, 2.45) is 7.05 Å². The second-order valence-electron chi connectivity index (χ2n) is 3.78. The number of aromatic carboxylic acids is 1. The monoisotopic (exact) mass is 263 g/mol. The summed E-state index contributed by atoms with van der Waals surface area (Å²) in [6.45, 7) is 0. The van der Waals surface area contributed by atoms with E-state index >= 15 is 0 Å². The molecule has 0 radical (unpaired) electrons. The van der Waals surface area contributed by atoms with Crippen molar-refractivity contribution in [3.63, 3.8) is 0 Å². The molecule has 0 fully saturated rings. The highest BCUT2D eigenvalue weighted by Gasteiger charge is 2.13. The third kappa shape index (κ3) is 2.57. The van der Waals surface area contributed by atoms with Crippen molar-refractivity contribution < 1.29 is 14.6 Å². The lowest BCUT2D eigenvalue weighted by molar-refractivity contribution is 0.0698. The van der Waals surface area contributed by atoms with E-state index in [0.717, 1.165) is 0 Å². The molecule has 0 aliphatic carbocycles. The fourth-order valence-corrected chi connectivity index (χ4v) is 1.59. The number of nitrogens with one attached hydrogen (secondary N) is 1. The van der Waals surface area contributed by atoms with Crippen LogP contribution >= 0.6 is 0 Å².